The quantitative estimate of drug-likeness (QED) is 0.802. The zero-order chi connectivity index (χ0) is 13.5. The van der Waals surface area contributed by atoms with Gasteiger partial charge in [0.25, 0.3) is 5.60 Å². The Hall–Kier alpha value is -1.02. The van der Waals surface area contributed by atoms with E-state index in [4.69, 9.17) is 16.7 Å². The van der Waals surface area contributed by atoms with Gasteiger partial charge in [-0.25, -0.2) is 0 Å². The number of pyridine rings is 1. The summed E-state index contributed by atoms with van der Waals surface area (Å²) in [6, 6.07) is 0.357. The molecule has 2 nitrogen and oxygen atoms in total. The van der Waals surface area contributed by atoms with Crippen LogP contribution in [-0.2, 0) is 5.60 Å². The van der Waals surface area contributed by atoms with Gasteiger partial charge >= 0.3 is 12.4 Å². The standard InChI is InChI=1S/C8H4ClF6NO/c9-5-1-4(2-16-3-5)6(17,7(10,11)12)8(13,14)15/h1-3,17H. The van der Waals surface area contributed by atoms with Crippen molar-refractivity contribution in [2.24, 2.45) is 0 Å². The number of aromatic nitrogens is 1. The van der Waals surface area contributed by atoms with E-state index < -0.39 is 28.5 Å². The average molecular weight is 280 g/mol. The van der Waals surface area contributed by atoms with Gasteiger partial charge in [-0.15, -0.1) is 0 Å². The average Bonchev–Trinajstić information content (AvgIpc) is 2.12. The Balaban J connectivity index is 3.46. The van der Waals surface area contributed by atoms with Gasteiger partial charge < -0.3 is 5.11 Å². The minimum absolute atomic E-state index is 0.257. The van der Waals surface area contributed by atoms with E-state index in [0.717, 1.165) is 6.20 Å². The molecule has 0 aliphatic heterocycles. The maximum Gasteiger partial charge on any atom is 0.430 e. The zero-order valence-electron chi connectivity index (χ0n) is 7.77. The fourth-order valence-electron chi connectivity index (χ4n) is 1.10. The van der Waals surface area contributed by atoms with Gasteiger partial charge in [0.15, 0.2) is 0 Å². The van der Waals surface area contributed by atoms with Crippen LogP contribution in [0.4, 0.5) is 26.3 Å². The summed E-state index contributed by atoms with van der Waals surface area (Å²) in [4.78, 5) is 3.09. The van der Waals surface area contributed by atoms with E-state index in [-0.39, 0.29) is 6.20 Å². The molecule has 0 bridgehead atoms. The monoisotopic (exact) mass is 279 g/mol. The van der Waals surface area contributed by atoms with Crippen LogP contribution in [0.1, 0.15) is 5.56 Å². The van der Waals surface area contributed by atoms with E-state index in [1.54, 1.807) is 0 Å². The fraction of sp³-hybridized carbons (Fsp3) is 0.375. The van der Waals surface area contributed by atoms with E-state index in [9.17, 15) is 26.3 Å². The van der Waals surface area contributed by atoms with Crippen LogP contribution in [0.3, 0.4) is 0 Å². The Morgan fingerprint density at radius 2 is 1.47 bits per heavy atom. The predicted octanol–water partition coefficient (Wildman–Crippen LogP) is 3.05. The number of rotatable bonds is 1. The normalized spacial score (nSPS) is 13.9. The molecule has 1 N–H and O–H groups in total. The van der Waals surface area contributed by atoms with Crippen molar-refractivity contribution in [1.29, 1.82) is 0 Å². The number of hydrogen-bond donors (Lipinski definition) is 1. The summed E-state index contributed by atoms with van der Waals surface area (Å²) < 4.78 is 74.3. The molecule has 1 rings (SSSR count). The molecule has 0 aliphatic rings. The van der Waals surface area contributed by atoms with Crippen molar-refractivity contribution in [3.05, 3.63) is 29.0 Å². The first-order chi connectivity index (χ1) is 7.50. The van der Waals surface area contributed by atoms with Gasteiger partial charge in [-0.3, -0.25) is 4.98 Å². The molecule has 0 saturated carbocycles. The maximum absolute atomic E-state index is 12.4. The highest BCUT2D eigenvalue weighted by Crippen LogP contribution is 2.49. The molecule has 0 saturated heterocycles. The molecule has 96 valence electrons. The third-order valence-corrected chi connectivity index (χ3v) is 2.15. The predicted molar refractivity (Wildman–Crippen MR) is 45.3 cm³/mol. The van der Waals surface area contributed by atoms with Crippen LogP contribution in [0.5, 0.6) is 0 Å². The minimum Gasteiger partial charge on any atom is -0.369 e. The van der Waals surface area contributed by atoms with Gasteiger partial charge in [0.05, 0.1) is 5.02 Å². The second-order valence-electron chi connectivity index (χ2n) is 3.10. The van der Waals surface area contributed by atoms with Crippen molar-refractivity contribution in [2.45, 2.75) is 18.0 Å². The van der Waals surface area contributed by atoms with Gasteiger partial charge in [0.1, 0.15) is 0 Å². The largest absolute Gasteiger partial charge is 0.430 e. The van der Waals surface area contributed by atoms with Gasteiger partial charge in [-0.1, -0.05) is 11.6 Å². The second kappa shape index (κ2) is 4.02. The van der Waals surface area contributed by atoms with Crippen molar-refractivity contribution in [2.75, 3.05) is 0 Å². The van der Waals surface area contributed by atoms with Crippen LogP contribution in [0.15, 0.2) is 18.5 Å². The lowest BCUT2D eigenvalue weighted by molar-refractivity contribution is -0.376. The van der Waals surface area contributed by atoms with Crippen molar-refractivity contribution in [3.63, 3.8) is 0 Å². The van der Waals surface area contributed by atoms with Gasteiger partial charge in [0, 0.05) is 18.0 Å². The highest BCUT2D eigenvalue weighted by atomic mass is 35.5. The molecule has 17 heavy (non-hydrogen) atoms. The van der Waals surface area contributed by atoms with Gasteiger partial charge in [-0.2, -0.15) is 26.3 Å². The molecule has 0 amide bonds. The lowest BCUT2D eigenvalue weighted by Crippen LogP contribution is -2.53. The number of aliphatic hydroxyl groups is 1. The van der Waals surface area contributed by atoms with Crippen LogP contribution >= 0.6 is 11.6 Å². The Labute approximate surface area is 95.8 Å². The van der Waals surface area contributed by atoms with Crippen LogP contribution in [-0.4, -0.2) is 22.4 Å². The first-order valence-corrected chi connectivity index (χ1v) is 4.35. The van der Waals surface area contributed by atoms with Crippen molar-refractivity contribution >= 4 is 11.6 Å². The van der Waals surface area contributed by atoms with E-state index in [1.807, 2.05) is 0 Å². The summed E-state index contributed by atoms with van der Waals surface area (Å²) in [6.07, 6.45) is -10.8. The topological polar surface area (TPSA) is 33.1 Å². The molecule has 9 heteroatoms. The fourth-order valence-corrected chi connectivity index (χ4v) is 1.27. The van der Waals surface area contributed by atoms with Gasteiger partial charge in [0.2, 0.25) is 0 Å². The Kier molecular flexibility index (Phi) is 3.32. The summed E-state index contributed by atoms with van der Waals surface area (Å²) in [5.41, 5.74) is -6.47. The molecule has 0 aliphatic carbocycles. The lowest BCUT2D eigenvalue weighted by Gasteiger charge is -2.32. The van der Waals surface area contributed by atoms with E-state index in [1.165, 1.54) is 0 Å². The van der Waals surface area contributed by atoms with Crippen molar-refractivity contribution in [1.82, 2.24) is 4.98 Å². The number of alkyl halides is 6. The molecule has 0 aromatic carbocycles. The molecule has 0 unspecified atom stereocenters. The lowest BCUT2D eigenvalue weighted by atomic mass is 9.94. The Morgan fingerprint density at radius 3 is 1.82 bits per heavy atom. The maximum atomic E-state index is 12.4. The summed E-state index contributed by atoms with van der Waals surface area (Å²) >= 11 is 5.24. The number of halogens is 7. The molecular formula is C8H4ClF6NO. The van der Waals surface area contributed by atoms with E-state index in [2.05, 4.69) is 4.98 Å². The van der Waals surface area contributed by atoms with E-state index in [0.29, 0.717) is 6.07 Å². The third kappa shape index (κ3) is 2.32. The molecule has 0 spiro atoms. The highest BCUT2D eigenvalue weighted by Gasteiger charge is 2.71. The van der Waals surface area contributed by atoms with E-state index >= 15 is 0 Å². The summed E-state index contributed by atoms with van der Waals surface area (Å²) in [5.74, 6) is 0. The van der Waals surface area contributed by atoms with Crippen LogP contribution in [0.2, 0.25) is 5.02 Å². The smallest absolute Gasteiger partial charge is 0.369 e. The van der Waals surface area contributed by atoms with Crippen LogP contribution < -0.4 is 0 Å². The third-order valence-electron chi connectivity index (χ3n) is 1.94. The second-order valence-corrected chi connectivity index (χ2v) is 3.53. The summed E-state index contributed by atoms with van der Waals surface area (Å²) in [6.45, 7) is 0. The Morgan fingerprint density at radius 1 is 1.00 bits per heavy atom. The first-order valence-electron chi connectivity index (χ1n) is 3.97. The molecule has 0 radical (unpaired) electrons. The summed E-state index contributed by atoms with van der Waals surface area (Å²) in [5, 5.41) is 8.48. The van der Waals surface area contributed by atoms with Crippen LogP contribution in [0, 0.1) is 0 Å². The van der Waals surface area contributed by atoms with Crippen LogP contribution in [0.25, 0.3) is 0 Å². The Bertz CT molecular complexity index is 401. The highest BCUT2D eigenvalue weighted by molar-refractivity contribution is 6.30. The first kappa shape index (κ1) is 14.0. The molecular weight excluding hydrogens is 276 g/mol. The number of nitrogens with zero attached hydrogens (tertiary/aromatic N) is 1. The SMILES string of the molecule is OC(c1cncc(Cl)c1)(C(F)(F)F)C(F)(F)F. The minimum atomic E-state index is -5.93. The zero-order valence-corrected chi connectivity index (χ0v) is 8.53. The molecule has 0 atom stereocenters. The van der Waals surface area contributed by atoms with Crippen molar-refractivity contribution < 1.29 is 31.4 Å². The molecule has 1 aromatic rings. The molecule has 1 aromatic heterocycles. The number of hydrogen-bond acceptors (Lipinski definition) is 2. The summed E-state index contributed by atoms with van der Waals surface area (Å²) in [7, 11) is 0. The van der Waals surface area contributed by atoms with Gasteiger partial charge in [-0.05, 0) is 6.07 Å². The molecule has 1 heterocycles. The molecule has 0 fully saturated rings. The van der Waals surface area contributed by atoms with Crippen molar-refractivity contribution in [3.8, 4) is 0 Å².